The maximum atomic E-state index is 11.9. The quantitative estimate of drug-likeness (QED) is 0.808. The number of nitrogens with zero attached hydrogens (tertiary/aromatic N) is 2. The van der Waals surface area contributed by atoms with Crippen LogP contribution in [0.5, 0.6) is 0 Å². The third-order valence-electron chi connectivity index (χ3n) is 2.50. The van der Waals surface area contributed by atoms with Crippen LogP contribution in [0.2, 0.25) is 5.28 Å². The molecule has 1 aliphatic rings. The van der Waals surface area contributed by atoms with Gasteiger partial charge in [0.2, 0.25) is 15.3 Å². The van der Waals surface area contributed by atoms with E-state index < -0.39 is 10.0 Å². The van der Waals surface area contributed by atoms with Gasteiger partial charge >= 0.3 is 0 Å². The standard InChI is InChI=1S/C9H12ClN3O3S/c1-9(5-16-6-9)4-13-17(14,15)7-2-11-8(10)12-3-7/h2-3,13H,4-6H2,1H3. The highest BCUT2D eigenvalue weighted by atomic mass is 35.5. The molecule has 1 aliphatic heterocycles. The van der Waals surface area contributed by atoms with Crippen molar-refractivity contribution in [1.82, 2.24) is 14.7 Å². The first-order valence-corrected chi connectivity index (χ1v) is 6.82. The molecule has 1 saturated heterocycles. The van der Waals surface area contributed by atoms with Crippen molar-refractivity contribution in [2.45, 2.75) is 11.8 Å². The Morgan fingerprint density at radius 2 is 2.06 bits per heavy atom. The predicted molar refractivity (Wildman–Crippen MR) is 61.2 cm³/mol. The number of ether oxygens (including phenoxy) is 1. The molecule has 1 aromatic heterocycles. The fraction of sp³-hybridized carbons (Fsp3) is 0.556. The summed E-state index contributed by atoms with van der Waals surface area (Å²) in [5.74, 6) is 0. The van der Waals surface area contributed by atoms with Gasteiger partial charge < -0.3 is 4.74 Å². The number of rotatable bonds is 4. The summed E-state index contributed by atoms with van der Waals surface area (Å²) in [5, 5.41) is 0.0169. The highest BCUT2D eigenvalue weighted by Crippen LogP contribution is 2.25. The van der Waals surface area contributed by atoms with Crippen LogP contribution in [0.3, 0.4) is 0 Å². The van der Waals surface area contributed by atoms with E-state index in [4.69, 9.17) is 16.3 Å². The van der Waals surface area contributed by atoms with Crippen molar-refractivity contribution >= 4 is 21.6 Å². The fourth-order valence-corrected chi connectivity index (χ4v) is 2.53. The van der Waals surface area contributed by atoms with Crippen molar-refractivity contribution in [2.75, 3.05) is 19.8 Å². The lowest BCUT2D eigenvalue weighted by molar-refractivity contribution is -0.0965. The zero-order valence-electron chi connectivity index (χ0n) is 9.18. The topological polar surface area (TPSA) is 81.2 Å². The lowest BCUT2D eigenvalue weighted by atomic mass is 9.89. The molecule has 0 radical (unpaired) electrons. The molecule has 0 saturated carbocycles. The van der Waals surface area contributed by atoms with Gasteiger partial charge in [0.25, 0.3) is 0 Å². The van der Waals surface area contributed by atoms with Crippen LogP contribution in [-0.2, 0) is 14.8 Å². The van der Waals surface area contributed by atoms with Crippen LogP contribution < -0.4 is 4.72 Å². The molecule has 0 spiro atoms. The van der Waals surface area contributed by atoms with Gasteiger partial charge in [0.05, 0.1) is 25.6 Å². The second-order valence-electron chi connectivity index (χ2n) is 4.32. The molecule has 6 nitrogen and oxygen atoms in total. The Labute approximate surface area is 104 Å². The zero-order valence-corrected chi connectivity index (χ0v) is 10.8. The molecular formula is C9H12ClN3O3S. The van der Waals surface area contributed by atoms with E-state index in [-0.39, 0.29) is 15.6 Å². The SMILES string of the molecule is CC1(CNS(=O)(=O)c2cnc(Cl)nc2)COC1. The number of aromatic nitrogens is 2. The Bertz CT molecular complexity index is 499. The van der Waals surface area contributed by atoms with Crippen molar-refractivity contribution in [3.05, 3.63) is 17.7 Å². The Hall–Kier alpha value is -0.760. The highest BCUT2D eigenvalue weighted by molar-refractivity contribution is 7.89. The molecule has 2 heterocycles. The molecule has 0 aromatic carbocycles. The predicted octanol–water partition coefficient (Wildman–Crippen LogP) is 0.445. The van der Waals surface area contributed by atoms with Gasteiger partial charge in [-0.05, 0) is 11.6 Å². The molecule has 0 unspecified atom stereocenters. The molecule has 2 rings (SSSR count). The van der Waals surface area contributed by atoms with Crippen molar-refractivity contribution in [3.63, 3.8) is 0 Å². The van der Waals surface area contributed by atoms with Crippen molar-refractivity contribution in [3.8, 4) is 0 Å². The average Bonchev–Trinajstić information content (AvgIpc) is 2.24. The molecular weight excluding hydrogens is 266 g/mol. The fourth-order valence-electron chi connectivity index (χ4n) is 1.34. The van der Waals surface area contributed by atoms with Crippen LogP contribution in [0.25, 0.3) is 0 Å². The van der Waals surface area contributed by atoms with E-state index in [0.717, 1.165) is 0 Å². The third-order valence-corrected chi connectivity index (χ3v) is 4.05. The minimum absolute atomic E-state index is 0.00532. The number of nitrogens with one attached hydrogen (secondary N) is 1. The molecule has 1 aromatic rings. The third kappa shape index (κ3) is 2.92. The number of halogens is 1. The largest absolute Gasteiger partial charge is 0.380 e. The number of hydrogen-bond acceptors (Lipinski definition) is 5. The second-order valence-corrected chi connectivity index (χ2v) is 6.42. The normalized spacial score (nSPS) is 18.7. The number of hydrogen-bond donors (Lipinski definition) is 1. The highest BCUT2D eigenvalue weighted by Gasteiger charge is 2.34. The van der Waals surface area contributed by atoms with E-state index >= 15 is 0 Å². The lowest BCUT2D eigenvalue weighted by Gasteiger charge is -2.37. The molecule has 0 amide bonds. The summed E-state index contributed by atoms with van der Waals surface area (Å²) in [5.41, 5.74) is -0.125. The molecule has 0 bridgehead atoms. The van der Waals surface area contributed by atoms with Gasteiger partial charge in [-0.2, -0.15) is 0 Å². The van der Waals surface area contributed by atoms with Crippen LogP contribution in [0.1, 0.15) is 6.92 Å². The minimum Gasteiger partial charge on any atom is -0.380 e. The van der Waals surface area contributed by atoms with Gasteiger partial charge in [-0.25, -0.2) is 23.1 Å². The Kier molecular flexibility index (Phi) is 3.35. The van der Waals surface area contributed by atoms with Crippen molar-refractivity contribution in [1.29, 1.82) is 0 Å². The van der Waals surface area contributed by atoms with Gasteiger partial charge in [0.15, 0.2) is 0 Å². The Morgan fingerprint density at radius 3 is 2.53 bits per heavy atom. The smallest absolute Gasteiger partial charge is 0.243 e. The molecule has 8 heteroatoms. The van der Waals surface area contributed by atoms with Crippen LogP contribution in [0.4, 0.5) is 0 Å². The summed E-state index contributed by atoms with van der Waals surface area (Å²) in [6.07, 6.45) is 2.36. The van der Waals surface area contributed by atoms with E-state index in [9.17, 15) is 8.42 Å². The van der Waals surface area contributed by atoms with Gasteiger partial charge in [-0.3, -0.25) is 0 Å². The second kappa shape index (κ2) is 4.49. The Balaban J connectivity index is 2.06. The summed E-state index contributed by atoms with van der Waals surface area (Å²) in [6, 6.07) is 0. The minimum atomic E-state index is -3.58. The maximum Gasteiger partial charge on any atom is 0.243 e. The van der Waals surface area contributed by atoms with Crippen molar-refractivity contribution in [2.24, 2.45) is 5.41 Å². The first-order valence-electron chi connectivity index (χ1n) is 4.96. The first kappa shape index (κ1) is 12.7. The van der Waals surface area contributed by atoms with Gasteiger partial charge in [0.1, 0.15) is 4.90 Å². The molecule has 17 heavy (non-hydrogen) atoms. The van der Waals surface area contributed by atoms with Crippen molar-refractivity contribution < 1.29 is 13.2 Å². The van der Waals surface area contributed by atoms with E-state index in [2.05, 4.69) is 14.7 Å². The zero-order chi connectivity index (χ0) is 12.5. The summed E-state index contributed by atoms with van der Waals surface area (Å²) in [4.78, 5) is 7.27. The summed E-state index contributed by atoms with van der Waals surface area (Å²) < 4.78 is 31.3. The molecule has 1 N–H and O–H groups in total. The summed E-state index contributed by atoms with van der Waals surface area (Å²) >= 11 is 5.49. The van der Waals surface area contributed by atoms with Gasteiger partial charge in [0, 0.05) is 12.0 Å². The average molecular weight is 278 g/mol. The molecule has 0 aliphatic carbocycles. The summed E-state index contributed by atoms with van der Waals surface area (Å²) in [6.45, 7) is 3.41. The van der Waals surface area contributed by atoms with Crippen LogP contribution in [0, 0.1) is 5.41 Å². The maximum absolute atomic E-state index is 11.9. The molecule has 0 atom stereocenters. The van der Waals surface area contributed by atoms with E-state index in [1.807, 2.05) is 6.92 Å². The summed E-state index contributed by atoms with van der Waals surface area (Å²) in [7, 11) is -3.58. The van der Waals surface area contributed by atoms with Gasteiger partial charge in [-0.15, -0.1) is 0 Å². The molecule has 1 fully saturated rings. The van der Waals surface area contributed by atoms with E-state index in [1.54, 1.807) is 0 Å². The van der Waals surface area contributed by atoms with Gasteiger partial charge in [-0.1, -0.05) is 6.92 Å². The van der Waals surface area contributed by atoms with E-state index in [1.165, 1.54) is 12.4 Å². The van der Waals surface area contributed by atoms with Crippen LogP contribution >= 0.6 is 11.6 Å². The van der Waals surface area contributed by atoms with Crippen LogP contribution in [0.15, 0.2) is 17.3 Å². The lowest BCUT2D eigenvalue weighted by Crippen LogP contribution is -2.48. The first-order chi connectivity index (χ1) is 7.91. The monoisotopic (exact) mass is 277 g/mol. The number of sulfonamides is 1. The van der Waals surface area contributed by atoms with E-state index in [0.29, 0.717) is 19.8 Å². The van der Waals surface area contributed by atoms with Crippen LogP contribution in [-0.4, -0.2) is 38.1 Å². The molecule has 94 valence electrons. The Morgan fingerprint density at radius 1 is 1.47 bits per heavy atom.